The molecule has 3 N–H and O–H groups in total. The summed E-state index contributed by atoms with van der Waals surface area (Å²) < 4.78 is 5.28. The molecule has 0 radical (unpaired) electrons. The maximum Gasteiger partial charge on any atom is 0.159 e. The molecule has 0 aromatic rings. The summed E-state index contributed by atoms with van der Waals surface area (Å²) in [6.45, 7) is 10.8. The Hall–Kier alpha value is -0.850. The Bertz CT molecular complexity index is 286. The van der Waals surface area contributed by atoms with E-state index >= 15 is 0 Å². The van der Waals surface area contributed by atoms with Gasteiger partial charge in [-0.15, -0.1) is 0 Å². The van der Waals surface area contributed by atoms with Crippen LogP contribution in [0.15, 0.2) is 5.16 Å². The molecule has 0 aromatic carbocycles. The molecule has 1 atom stereocenters. The fourth-order valence-electron chi connectivity index (χ4n) is 2.21. The summed E-state index contributed by atoms with van der Waals surface area (Å²) in [6.07, 6.45) is 0.258. The molecule has 1 aliphatic rings. The average molecular weight is 258 g/mol. The molecule has 106 valence electrons. The highest BCUT2D eigenvalue weighted by molar-refractivity contribution is 5.88. The van der Waals surface area contributed by atoms with Crippen molar-refractivity contribution >= 4 is 5.84 Å². The minimum atomic E-state index is -0.395. The van der Waals surface area contributed by atoms with Gasteiger partial charge >= 0.3 is 0 Å². The van der Waals surface area contributed by atoms with Gasteiger partial charge in [0.25, 0.3) is 0 Å². The Morgan fingerprint density at radius 3 is 2.39 bits per heavy atom. The molecule has 1 saturated heterocycles. The summed E-state index contributed by atoms with van der Waals surface area (Å²) in [7, 11) is 1.74. The van der Waals surface area contributed by atoms with Gasteiger partial charge in [0.05, 0.1) is 11.6 Å². The normalized spacial score (nSPS) is 22.1. The Morgan fingerprint density at radius 1 is 1.39 bits per heavy atom. The molecular formula is C12H26N4O2. The molecule has 0 spiro atoms. The monoisotopic (exact) mass is 258 g/mol. The second-order valence-corrected chi connectivity index (χ2v) is 5.38. The van der Waals surface area contributed by atoms with Crippen LogP contribution in [0.1, 0.15) is 20.8 Å². The highest BCUT2D eigenvalue weighted by atomic mass is 16.5. The minimum Gasteiger partial charge on any atom is -0.409 e. The van der Waals surface area contributed by atoms with Crippen LogP contribution in [0, 0.1) is 0 Å². The molecular weight excluding hydrogens is 232 g/mol. The first-order valence-electron chi connectivity index (χ1n) is 6.40. The molecule has 0 aliphatic carbocycles. The molecule has 0 amide bonds. The zero-order valence-electron chi connectivity index (χ0n) is 11.9. The van der Waals surface area contributed by atoms with Gasteiger partial charge in [-0.25, -0.2) is 0 Å². The summed E-state index contributed by atoms with van der Waals surface area (Å²) in [5.41, 5.74) is 5.35. The van der Waals surface area contributed by atoms with Gasteiger partial charge in [-0.05, 0) is 20.8 Å². The van der Waals surface area contributed by atoms with Crippen LogP contribution in [0.3, 0.4) is 0 Å². The molecule has 6 nitrogen and oxygen atoms in total. The molecule has 18 heavy (non-hydrogen) atoms. The number of nitrogens with zero attached hydrogens (tertiary/aromatic N) is 3. The maximum absolute atomic E-state index is 8.81. The molecule has 1 unspecified atom stereocenters. The van der Waals surface area contributed by atoms with Gasteiger partial charge in [-0.1, -0.05) is 5.16 Å². The van der Waals surface area contributed by atoms with Gasteiger partial charge in [-0.3, -0.25) is 9.80 Å². The van der Waals surface area contributed by atoms with Gasteiger partial charge in [0.2, 0.25) is 0 Å². The summed E-state index contributed by atoms with van der Waals surface area (Å²) in [5, 5.41) is 11.9. The van der Waals surface area contributed by atoms with Crippen LogP contribution in [-0.2, 0) is 4.74 Å². The smallest absolute Gasteiger partial charge is 0.159 e. The number of nitrogens with two attached hydrogens (primary N) is 1. The molecule has 0 bridgehead atoms. The van der Waals surface area contributed by atoms with Crippen LogP contribution in [0.5, 0.6) is 0 Å². The first-order chi connectivity index (χ1) is 8.41. The molecule has 6 heteroatoms. The van der Waals surface area contributed by atoms with E-state index in [0.717, 1.165) is 32.7 Å². The van der Waals surface area contributed by atoms with E-state index in [-0.39, 0.29) is 11.9 Å². The Morgan fingerprint density at radius 2 is 1.94 bits per heavy atom. The minimum absolute atomic E-state index is 0.258. The number of ether oxygens (including phenoxy) is 1. The first kappa shape index (κ1) is 15.2. The quantitative estimate of drug-likeness (QED) is 0.318. The van der Waals surface area contributed by atoms with Gasteiger partial charge in [-0.2, -0.15) is 0 Å². The van der Waals surface area contributed by atoms with E-state index in [9.17, 15) is 0 Å². The third kappa shape index (κ3) is 3.57. The van der Waals surface area contributed by atoms with Crippen molar-refractivity contribution in [2.45, 2.75) is 32.4 Å². The third-order valence-electron chi connectivity index (χ3n) is 3.82. The van der Waals surface area contributed by atoms with E-state index in [0.29, 0.717) is 0 Å². The van der Waals surface area contributed by atoms with Crippen LogP contribution in [0.25, 0.3) is 0 Å². The van der Waals surface area contributed by atoms with Crippen molar-refractivity contribution in [2.75, 3.05) is 39.8 Å². The summed E-state index contributed by atoms with van der Waals surface area (Å²) in [4.78, 5) is 4.63. The lowest BCUT2D eigenvalue weighted by Crippen LogP contribution is -2.60. The fourth-order valence-corrected chi connectivity index (χ4v) is 2.21. The van der Waals surface area contributed by atoms with Crippen LogP contribution < -0.4 is 5.73 Å². The molecule has 0 saturated carbocycles. The molecule has 0 aromatic heterocycles. The SMILES string of the molecule is COC(C)CN1CCN(C(C)(C)C(N)=NO)CC1. The van der Waals surface area contributed by atoms with E-state index in [4.69, 9.17) is 15.7 Å². The number of hydrogen-bond acceptors (Lipinski definition) is 5. The highest BCUT2D eigenvalue weighted by Crippen LogP contribution is 2.17. The average Bonchev–Trinajstić information content (AvgIpc) is 2.38. The number of rotatable bonds is 5. The number of piperazine rings is 1. The Balaban J connectivity index is 2.49. The van der Waals surface area contributed by atoms with Crippen LogP contribution in [0.2, 0.25) is 0 Å². The van der Waals surface area contributed by atoms with Crippen molar-refractivity contribution in [3.8, 4) is 0 Å². The Kier molecular flexibility index (Phi) is 5.37. The molecule has 1 heterocycles. The van der Waals surface area contributed by atoms with Crippen molar-refractivity contribution in [1.82, 2.24) is 9.80 Å². The first-order valence-corrected chi connectivity index (χ1v) is 6.40. The predicted molar refractivity (Wildman–Crippen MR) is 72.0 cm³/mol. The van der Waals surface area contributed by atoms with Crippen LogP contribution >= 0.6 is 0 Å². The van der Waals surface area contributed by atoms with Crippen LogP contribution in [0.4, 0.5) is 0 Å². The van der Waals surface area contributed by atoms with Gasteiger partial charge in [0.15, 0.2) is 5.84 Å². The summed E-state index contributed by atoms with van der Waals surface area (Å²) >= 11 is 0. The maximum atomic E-state index is 8.81. The van der Waals surface area contributed by atoms with E-state index < -0.39 is 5.54 Å². The van der Waals surface area contributed by atoms with E-state index in [1.54, 1.807) is 7.11 Å². The zero-order valence-corrected chi connectivity index (χ0v) is 11.9. The number of amidine groups is 1. The van der Waals surface area contributed by atoms with Crippen molar-refractivity contribution in [1.29, 1.82) is 0 Å². The number of methoxy groups -OCH3 is 1. The topological polar surface area (TPSA) is 74.3 Å². The predicted octanol–water partition coefficient (Wildman–Crippen LogP) is 0.164. The number of oxime groups is 1. The van der Waals surface area contributed by atoms with Crippen molar-refractivity contribution in [3.63, 3.8) is 0 Å². The van der Waals surface area contributed by atoms with Gasteiger partial charge in [0, 0.05) is 39.8 Å². The van der Waals surface area contributed by atoms with Crippen molar-refractivity contribution in [2.24, 2.45) is 10.9 Å². The second kappa shape index (κ2) is 6.36. The highest BCUT2D eigenvalue weighted by Gasteiger charge is 2.33. The van der Waals surface area contributed by atoms with Gasteiger partial charge < -0.3 is 15.7 Å². The lowest BCUT2D eigenvalue weighted by molar-refractivity contribution is 0.0367. The second-order valence-electron chi connectivity index (χ2n) is 5.38. The molecule has 1 fully saturated rings. The molecule has 1 rings (SSSR count). The largest absolute Gasteiger partial charge is 0.409 e. The van der Waals surface area contributed by atoms with E-state index in [2.05, 4.69) is 21.9 Å². The van der Waals surface area contributed by atoms with Crippen molar-refractivity contribution in [3.05, 3.63) is 0 Å². The van der Waals surface area contributed by atoms with Gasteiger partial charge in [0.1, 0.15) is 0 Å². The summed E-state index contributed by atoms with van der Waals surface area (Å²) in [5.74, 6) is 0.265. The molecule has 1 aliphatic heterocycles. The number of hydrogen-bond donors (Lipinski definition) is 2. The zero-order chi connectivity index (χ0) is 13.8. The van der Waals surface area contributed by atoms with E-state index in [1.807, 2.05) is 13.8 Å². The van der Waals surface area contributed by atoms with E-state index in [1.165, 1.54) is 0 Å². The fraction of sp³-hybridized carbons (Fsp3) is 0.917. The lowest BCUT2D eigenvalue weighted by atomic mass is 10.00. The summed E-state index contributed by atoms with van der Waals surface area (Å²) in [6, 6.07) is 0. The van der Waals surface area contributed by atoms with Crippen LogP contribution in [-0.4, -0.2) is 72.3 Å². The third-order valence-corrected chi connectivity index (χ3v) is 3.82. The lowest BCUT2D eigenvalue weighted by Gasteiger charge is -2.43. The van der Waals surface area contributed by atoms with Crippen molar-refractivity contribution < 1.29 is 9.94 Å². The standard InChI is InChI=1S/C12H26N4O2/c1-10(18-4)9-15-5-7-16(8-6-15)12(2,3)11(13)14-17/h10,17H,5-9H2,1-4H3,(H2,13,14). The Labute approximate surface area is 109 Å².